The molecule has 0 saturated heterocycles. The molecule has 0 spiro atoms. The zero-order chi connectivity index (χ0) is 12.3. The number of hydrogen-bond acceptors (Lipinski definition) is 2. The van der Waals surface area contributed by atoms with E-state index in [9.17, 15) is 5.11 Å². The lowest BCUT2D eigenvalue weighted by atomic mass is 10.0. The number of nitrogens with one attached hydrogen (secondary N) is 1. The van der Waals surface area contributed by atoms with Crippen LogP contribution >= 0.6 is 0 Å². The Labute approximate surface area is 102 Å². The van der Waals surface area contributed by atoms with E-state index in [4.69, 9.17) is 0 Å². The van der Waals surface area contributed by atoms with Crippen LogP contribution in [0, 0.1) is 13.8 Å². The van der Waals surface area contributed by atoms with Gasteiger partial charge in [-0.15, -0.1) is 0 Å². The van der Waals surface area contributed by atoms with Crippen LogP contribution < -0.4 is 5.32 Å². The summed E-state index contributed by atoms with van der Waals surface area (Å²) >= 11 is 0. The van der Waals surface area contributed by atoms with Crippen LogP contribution in [0.3, 0.4) is 0 Å². The highest BCUT2D eigenvalue weighted by molar-refractivity contribution is 5.47. The SMILES string of the molecule is Cc1cccc(CNc2ccc(O)cc2)c1C. The molecular weight excluding hydrogens is 210 g/mol. The lowest BCUT2D eigenvalue weighted by Crippen LogP contribution is -2.01. The van der Waals surface area contributed by atoms with Gasteiger partial charge in [-0.05, 0) is 54.8 Å². The fourth-order valence-corrected chi connectivity index (χ4v) is 1.78. The van der Waals surface area contributed by atoms with Crippen molar-refractivity contribution in [3.05, 3.63) is 59.2 Å². The zero-order valence-electron chi connectivity index (χ0n) is 10.2. The molecule has 0 atom stereocenters. The van der Waals surface area contributed by atoms with Crippen molar-refractivity contribution in [1.82, 2.24) is 0 Å². The second kappa shape index (κ2) is 4.91. The highest BCUT2D eigenvalue weighted by atomic mass is 16.3. The molecule has 88 valence electrons. The molecule has 0 aromatic heterocycles. The van der Waals surface area contributed by atoms with Crippen molar-refractivity contribution in [2.75, 3.05) is 5.32 Å². The van der Waals surface area contributed by atoms with Crippen LogP contribution in [-0.2, 0) is 6.54 Å². The van der Waals surface area contributed by atoms with Gasteiger partial charge >= 0.3 is 0 Å². The van der Waals surface area contributed by atoms with Crippen molar-refractivity contribution in [3.8, 4) is 5.75 Å². The maximum Gasteiger partial charge on any atom is 0.115 e. The first-order chi connectivity index (χ1) is 8.16. The molecule has 0 aliphatic carbocycles. The lowest BCUT2D eigenvalue weighted by Gasteiger charge is -2.10. The van der Waals surface area contributed by atoms with Crippen LogP contribution in [0.2, 0.25) is 0 Å². The van der Waals surface area contributed by atoms with E-state index in [1.807, 2.05) is 12.1 Å². The van der Waals surface area contributed by atoms with E-state index in [1.165, 1.54) is 16.7 Å². The molecule has 0 amide bonds. The fourth-order valence-electron chi connectivity index (χ4n) is 1.78. The third-order valence-corrected chi connectivity index (χ3v) is 3.07. The lowest BCUT2D eigenvalue weighted by molar-refractivity contribution is 0.475. The first-order valence-electron chi connectivity index (χ1n) is 5.75. The van der Waals surface area contributed by atoms with Gasteiger partial charge in [-0.2, -0.15) is 0 Å². The highest BCUT2D eigenvalue weighted by Crippen LogP contribution is 2.17. The molecule has 0 unspecified atom stereocenters. The maximum absolute atomic E-state index is 9.19. The third kappa shape index (κ3) is 2.78. The largest absolute Gasteiger partial charge is 0.508 e. The average Bonchev–Trinajstić information content (AvgIpc) is 2.33. The Bertz CT molecular complexity index is 503. The van der Waals surface area contributed by atoms with E-state index in [1.54, 1.807) is 12.1 Å². The fraction of sp³-hybridized carbons (Fsp3) is 0.200. The van der Waals surface area contributed by atoms with Crippen molar-refractivity contribution in [1.29, 1.82) is 0 Å². The Hall–Kier alpha value is -1.96. The minimum Gasteiger partial charge on any atom is -0.508 e. The van der Waals surface area contributed by atoms with Crippen LogP contribution in [0.15, 0.2) is 42.5 Å². The number of phenols is 1. The number of rotatable bonds is 3. The Morgan fingerprint density at radius 1 is 1.00 bits per heavy atom. The number of phenolic OH excluding ortho intramolecular Hbond substituents is 1. The standard InChI is InChI=1S/C15H17NO/c1-11-4-3-5-13(12(11)2)10-16-14-6-8-15(17)9-7-14/h3-9,16-17H,10H2,1-2H3. The molecule has 0 radical (unpaired) electrons. The molecule has 0 aliphatic heterocycles. The molecule has 2 nitrogen and oxygen atoms in total. The first-order valence-corrected chi connectivity index (χ1v) is 5.75. The Morgan fingerprint density at radius 3 is 2.41 bits per heavy atom. The summed E-state index contributed by atoms with van der Waals surface area (Å²) in [5.41, 5.74) is 4.97. The normalized spacial score (nSPS) is 10.2. The highest BCUT2D eigenvalue weighted by Gasteiger charge is 2.00. The summed E-state index contributed by atoms with van der Waals surface area (Å²) in [7, 11) is 0. The first kappa shape index (κ1) is 11.5. The van der Waals surface area contributed by atoms with Crippen LogP contribution in [0.25, 0.3) is 0 Å². The van der Waals surface area contributed by atoms with Gasteiger partial charge in [-0.1, -0.05) is 18.2 Å². The molecule has 2 aromatic carbocycles. The van der Waals surface area contributed by atoms with Gasteiger partial charge in [-0.3, -0.25) is 0 Å². The molecule has 0 saturated carbocycles. The van der Waals surface area contributed by atoms with Gasteiger partial charge in [0.2, 0.25) is 0 Å². The predicted molar refractivity (Wildman–Crippen MR) is 71.3 cm³/mol. The second-order valence-electron chi connectivity index (χ2n) is 4.26. The van der Waals surface area contributed by atoms with E-state index in [0.29, 0.717) is 5.75 Å². The van der Waals surface area contributed by atoms with Crippen molar-refractivity contribution >= 4 is 5.69 Å². The number of benzene rings is 2. The molecule has 2 aromatic rings. The van der Waals surface area contributed by atoms with Gasteiger partial charge in [0.25, 0.3) is 0 Å². The van der Waals surface area contributed by atoms with Crippen LogP contribution in [-0.4, -0.2) is 5.11 Å². The molecule has 17 heavy (non-hydrogen) atoms. The summed E-state index contributed by atoms with van der Waals surface area (Å²) in [4.78, 5) is 0. The summed E-state index contributed by atoms with van der Waals surface area (Å²) in [6.07, 6.45) is 0. The quantitative estimate of drug-likeness (QED) is 0.785. The van der Waals surface area contributed by atoms with Crippen molar-refractivity contribution in [2.24, 2.45) is 0 Å². The summed E-state index contributed by atoms with van der Waals surface area (Å²) < 4.78 is 0. The molecule has 2 N–H and O–H groups in total. The van der Waals surface area contributed by atoms with Crippen LogP contribution in [0.5, 0.6) is 5.75 Å². The molecular formula is C15H17NO. The Balaban J connectivity index is 2.07. The number of hydrogen-bond donors (Lipinski definition) is 2. The van der Waals surface area contributed by atoms with E-state index in [2.05, 4.69) is 37.4 Å². The van der Waals surface area contributed by atoms with Crippen molar-refractivity contribution in [2.45, 2.75) is 20.4 Å². The summed E-state index contributed by atoms with van der Waals surface area (Å²) in [6.45, 7) is 5.07. The maximum atomic E-state index is 9.19. The van der Waals surface area contributed by atoms with Crippen LogP contribution in [0.1, 0.15) is 16.7 Å². The van der Waals surface area contributed by atoms with E-state index >= 15 is 0 Å². The smallest absolute Gasteiger partial charge is 0.115 e. The summed E-state index contributed by atoms with van der Waals surface area (Å²) in [6, 6.07) is 13.5. The van der Waals surface area contributed by atoms with Gasteiger partial charge < -0.3 is 10.4 Å². The Kier molecular flexibility index (Phi) is 3.33. The van der Waals surface area contributed by atoms with E-state index < -0.39 is 0 Å². The summed E-state index contributed by atoms with van der Waals surface area (Å²) in [5, 5.41) is 12.5. The molecule has 0 fully saturated rings. The number of aromatic hydroxyl groups is 1. The predicted octanol–water partition coefficient (Wildman–Crippen LogP) is 3.62. The van der Waals surface area contributed by atoms with Crippen LogP contribution in [0.4, 0.5) is 5.69 Å². The number of anilines is 1. The minimum atomic E-state index is 0.294. The minimum absolute atomic E-state index is 0.294. The molecule has 2 rings (SSSR count). The topological polar surface area (TPSA) is 32.3 Å². The van der Waals surface area contributed by atoms with Crippen molar-refractivity contribution < 1.29 is 5.11 Å². The molecule has 0 heterocycles. The van der Waals surface area contributed by atoms with Gasteiger partial charge in [0.15, 0.2) is 0 Å². The Morgan fingerprint density at radius 2 is 1.71 bits per heavy atom. The zero-order valence-corrected chi connectivity index (χ0v) is 10.2. The van der Waals surface area contributed by atoms with Gasteiger partial charge in [0.1, 0.15) is 5.75 Å². The molecule has 2 heteroatoms. The van der Waals surface area contributed by atoms with E-state index in [-0.39, 0.29) is 0 Å². The van der Waals surface area contributed by atoms with Gasteiger partial charge in [0, 0.05) is 12.2 Å². The molecule has 0 aliphatic rings. The average molecular weight is 227 g/mol. The van der Waals surface area contributed by atoms with Gasteiger partial charge in [0.05, 0.1) is 0 Å². The monoisotopic (exact) mass is 227 g/mol. The second-order valence-corrected chi connectivity index (χ2v) is 4.26. The molecule has 0 bridgehead atoms. The third-order valence-electron chi connectivity index (χ3n) is 3.07. The van der Waals surface area contributed by atoms with Crippen molar-refractivity contribution in [3.63, 3.8) is 0 Å². The summed E-state index contributed by atoms with van der Waals surface area (Å²) in [5.74, 6) is 0.294. The number of aryl methyl sites for hydroxylation is 1. The van der Waals surface area contributed by atoms with Gasteiger partial charge in [-0.25, -0.2) is 0 Å². The van der Waals surface area contributed by atoms with E-state index in [0.717, 1.165) is 12.2 Å².